The third-order valence-corrected chi connectivity index (χ3v) is 3.70. The van der Waals surface area contributed by atoms with E-state index in [0.717, 1.165) is 11.1 Å². The summed E-state index contributed by atoms with van der Waals surface area (Å²) >= 11 is 0. The van der Waals surface area contributed by atoms with Crippen molar-refractivity contribution < 1.29 is 14.3 Å². The van der Waals surface area contributed by atoms with Crippen molar-refractivity contribution in [2.75, 3.05) is 6.61 Å². The Kier molecular flexibility index (Phi) is 3.60. The highest BCUT2D eigenvalue weighted by atomic mass is 16.5. The molecule has 102 valence electrons. The Morgan fingerprint density at radius 2 is 2.05 bits per heavy atom. The fraction of sp³-hybridized carbons (Fsp3) is 0.467. The van der Waals surface area contributed by atoms with E-state index >= 15 is 0 Å². The van der Waals surface area contributed by atoms with Gasteiger partial charge in [-0.3, -0.25) is 4.79 Å². The molecule has 0 saturated carbocycles. The molecule has 1 N–H and O–H groups in total. The number of rotatable bonds is 3. The van der Waals surface area contributed by atoms with Crippen molar-refractivity contribution in [1.29, 1.82) is 0 Å². The second-order valence-corrected chi connectivity index (χ2v) is 5.21. The fourth-order valence-corrected chi connectivity index (χ4v) is 2.55. The molecule has 1 heterocycles. The van der Waals surface area contributed by atoms with Gasteiger partial charge in [0.25, 0.3) is 0 Å². The van der Waals surface area contributed by atoms with Crippen molar-refractivity contribution in [2.24, 2.45) is 0 Å². The summed E-state index contributed by atoms with van der Waals surface area (Å²) in [4.78, 5) is 23.7. The summed E-state index contributed by atoms with van der Waals surface area (Å²) in [7, 11) is 0. The van der Waals surface area contributed by atoms with Gasteiger partial charge in [-0.05, 0) is 19.4 Å². The van der Waals surface area contributed by atoms with E-state index in [-0.39, 0.29) is 11.9 Å². The van der Waals surface area contributed by atoms with Crippen LogP contribution in [0.3, 0.4) is 0 Å². The lowest BCUT2D eigenvalue weighted by molar-refractivity contribution is -0.147. The third kappa shape index (κ3) is 2.48. The summed E-state index contributed by atoms with van der Waals surface area (Å²) in [6, 6.07) is 7.32. The minimum absolute atomic E-state index is 0.110. The standard InChI is InChI=1S/C15H19NO3/c1-4-19-14(18)13-15(3,9-12(17)16-13)11-7-5-10(2)6-8-11/h5-8,13H,4,9H2,1-3H3,(H,16,17). The van der Waals surface area contributed by atoms with Crippen LogP contribution in [0, 0.1) is 6.92 Å². The first kappa shape index (κ1) is 13.6. The van der Waals surface area contributed by atoms with E-state index in [1.807, 2.05) is 38.1 Å². The van der Waals surface area contributed by atoms with Gasteiger partial charge in [-0.15, -0.1) is 0 Å². The Labute approximate surface area is 113 Å². The molecule has 2 atom stereocenters. The van der Waals surface area contributed by atoms with Gasteiger partial charge >= 0.3 is 5.97 Å². The van der Waals surface area contributed by atoms with E-state index in [2.05, 4.69) is 5.32 Å². The highest BCUT2D eigenvalue weighted by Crippen LogP contribution is 2.36. The molecule has 4 heteroatoms. The molecule has 1 aliphatic rings. The average Bonchev–Trinajstić information content (AvgIpc) is 2.67. The summed E-state index contributed by atoms with van der Waals surface area (Å²) in [5.41, 5.74) is 1.59. The predicted octanol–water partition coefficient (Wildman–Crippen LogP) is 1.70. The normalized spacial score (nSPS) is 26.1. The maximum atomic E-state index is 12.0. The topological polar surface area (TPSA) is 55.4 Å². The number of hydrogen-bond donors (Lipinski definition) is 1. The number of aryl methyl sites for hydroxylation is 1. The first-order valence-corrected chi connectivity index (χ1v) is 6.50. The summed E-state index contributed by atoms with van der Waals surface area (Å²) in [5, 5.41) is 2.73. The Hall–Kier alpha value is -1.84. The van der Waals surface area contributed by atoms with Crippen LogP contribution in [-0.2, 0) is 19.7 Å². The summed E-state index contributed by atoms with van der Waals surface area (Å²) in [6.45, 7) is 6.01. The van der Waals surface area contributed by atoms with Crippen molar-refractivity contribution >= 4 is 11.9 Å². The molecule has 1 aliphatic heterocycles. The van der Waals surface area contributed by atoms with Gasteiger partial charge in [0.2, 0.25) is 5.91 Å². The molecule has 2 rings (SSSR count). The van der Waals surface area contributed by atoms with Crippen molar-refractivity contribution in [3.05, 3.63) is 35.4 Å². The van der Waals surface area contributed by atoms with Crippen LogP contribution >= 0.6 is 0 Å². The van der Waals surface area contributed by atoms with Crippen molar-refractivity contribution in [2.45, 2.75) is 38.6 Å². The second kappa shape index (κ2) is 5.03. The van der Waals surface area contributed by atoms with Gasteiger partial charge in [-0.2, -0.15) is 0 Å². The van der Waals surface area contributed by atoms with Crippen molar-refractivity contribution in [1.82, 2.24) is 5.32 Å². The Morgan fingerprint density at radius 1 is 1.42 bits per heavy atom. The predicted molar refractivity (Wildman–Crippen MR) is 71.7 cm³/mol. The van der Waals surface area contributed by atoms with Crippen LogP contribution in [-0.4, -0.2) is 24.5 Å². The number of ether oxygens (including phenoxy) is 1. The molecule has 1 aromatic rings. The van der Waals surface area contributed by atoms with E-state index in [9.17, 15) is 9.59 Å². The Bertz CT molecular complexity index is 495. The number of amides is 1. The molecule has 1 amide bonds. The fourth-order valence-electron chi connectivity index (χ4n) is 2.55. The first-order valence-electron chi connectivity index (χ1n) is 6.50. The molecule has 0 spiro atoms. The van der Waals surface area contributed by atoms with Gasteiger partial charge in [0, 0.05) is 11.8 Å². The van der Waals surface area contributed by atoms with Crippen LogP contribution in [0.2, 0.25) is 0 Å². The molecule has 4 nitrogen and oxygen atoms in total. The minimum atomic E-state index is -0.609. The van der Waals surface area contributed by atoms with E-state index < -0.39 is 11.5 Å². The molecule has 2 unspecified atom stereocenters. The lowest BCUT2D eigenvalue weighted by Gasteiger charge is -2.29. The minimum Gasteiger partial charge on any atom is -0.464 e. The van der Waals surface area contributed by atoms with Crippen molar-refractivity contribution in [3.8, 4) is 0 Å². The number of hydrogen-bond acceptors (Lipinski definition) is 3. The third-order valence-electron chi connectivity index (χ3n) is 3.70. The van der Waals surface area contributed by atoms with Gasteiger partial charge in [0.15, 0.2) is 0 Å². The molecule has 19 heavy (non-hydrogen) atoms. The van der Waals surface area contributed by atoms with Gasteiger partial charge in [-0.1, -0.05) is 36.8 Å². The lowest BCUT2D eigenvalue weighted by Crippen LogP contribution is -2.45. The zero-order valence-electron chi connectivity index (χ0n) is 11.5. The smallest absolute Gasteiger partial charge is 0.329 e. The van der Waals surface area contributed by atoms with Crippen LogP contribution in [0.15, 0.2) is 24.3 Å². The van der Waals surface area contributed by atoms with Crippen LogP contribution in [0.4, 0.5) is 0 Å². The van der Waals surface area contributed by atoms with E-state index in [4.69, 9.17) is 4.74 Å². The second-order valence-electron chi connectivity index (χ2n) is 5.21. The van der Waals surface area contributed by atoms with Gasteiger partial charge in [0.05, 0.1) is 6.61 Å². The molecule has 0 bridgehead atoms. The van der Waals surface area contributed by atoms with E-state index in [1.165, 1.54) is 0 Å². The van der Waals surface area contributed by atoms with E-state index in [0.29, 0.717) is 13.0 Å². The Balaban J connectivity index is 2.35. The molecule has 0 aliphatic carbocycles. The number of carbonyl (C=O) groups excluding carboxylic acids is 2. The SMILES string of the molecule is CCOC(=O)C1NC(=O)CC1(C)c1ccc(C)cc1. The molecular formula is C15H19NO3. The quantitative estimate of drug-likeness (QED) is 0.843. The summed E-state index contributed by atoms with van der Waals surface area (Å²) < 4.78 is 5.06. The molecule has 1 fully saturated rings. The summed E-state index contributed by atoms with van der Waals surface area (Å²) in [5.74, 6) is -0.474. The monoisotopic (exact) mass is 261 g/mol. The van der Waals surface area contributed by atoms with Crippen LogP contribution in [0.1, 0.15) is 31.4 Å². The number of esters is 1. The van der Waals surface area contributed by atoms with Gasteiger partial charge < -0.3 is 10.1 Å². The largest absolute Gasteiger partial charge is 0.464 e. The van der Waals surface area contributed by atoms with Crippen molar-refractivity contribution in [3.63, 3.8) is 0 Å². The maximum absolute atomic E-state index is 12.0. The van der Waals surface area contributed by atoms with Crippen LogP contribution < -0.4 is 5.32 Å². The number of benzene rings is 1. The zero-order valence-corrected chi connectivity index (χ0v) is 11.5. The van der Waals surface area contributed by atoms with Crippen LogP contribution in [0.5, 0.6) is 0 Å². The maximum Gasteiger partial charge on any atom is 0.329 e. The van der Waals surface area contributed by atoms with Gasteiger partial charge in [-0.25, -0.2) is 4.79 Å². The summed E-state index contributed by atoms with van der Waals surface area (Å²) in [6.07, 6.45) is 0.305. The molecular weight excluding hydrogens is 242 g/mol. The molecule has 1 aromatic carbocycles. The van der Waals surface area contributed by atoms with Crippen LogP contribution in [0.25, 0.3) is 0 Å². The molecule has 0 aromatic heterocycles. The molecule has 1 saturated heterocycles. The van der Waals surface area contributed by atoms with Gasteiger partial charge in [0.1, 0.15) is 6.04 Å². The Morgan fingerprint density at radius 3 is 2.63 bits per heavy atom. The lowest BCUT2D eigenvalue weighted by atomic mass is 9.76. The van der Waals surface area contributed by atoms with E-state index in [1.54, 1.807) is 6.92 Å². The highest BCUT2D eigenvalue weighted by molar-refractivity contribution is 5.91. The molecule has 0 radical (unpaired) electrons. The zero-order chi connectivity index (χ0) is 14.0. The average molecular weight is 261 g/mol. The number of carbonyl (C=O) groups is 2. The first-order chi connectivity index (χ1) is 8.97. The number of nitrogens with one attached hydrogen (secondary N) is 1. The highest BCUT2D eigenvalue weighted by Gasteiger charge is 2.49.